The molecule has 3 nitrogen and oxygen atoms in total. The molecule has 0 radical (unpaired) electrons. The van der Waals surface area contributed by atoms with E-state index in [9.17, 15) is 4.39 Å². The second-order valence-corrected chi connectivity index (χ2v) is 6.63. The number of alkyl halides is 1. The van der Waals surface area contributed by atoms with Gasteiger partial charge in [-0.05, 0) is 54.3 Å². The highest BCUT2D eigenvalue weighted by Crippen LogP contribution is 2.32. The number of nitrogens with zero attached hydrogens (tertiary/aromatic N) is 1. The Labute approximate surface area is 157 Å². The molecule has 6 heteroatoms. The fraction of sp³-hybridized carbons (Fsp3) is 0.211. The van der Waals surface area contributed by atoms with Crippen molar-refractivity contribution in [2.45, 2.75) is 6.42 Å². The minimum Gasteiger partial charge on any atom is -0.390 e. The van der Waals surface area contributed by atoms with E-state index in [1.807, 2.05) is 42.5 Å². The quantitative estimate of drug-likeness (QED) is 0.708. The Morgan fingerprint density at radius 1 is 1.24 bits per heavy atom. The molecule has 0 saturated heterocycles. The third-order valence-electron chi connectivity index (χ3n) is 3.74. The van der Waals surface area contributed by atoms with Crippen LogP contribution in [0.15, 0.2) is 59.6 Å². The average molecular weight is 376 g/mol. The number of hydrogen-bond donors (Lipinski definition) is 2. The van der Waals surface area contributed by atoms with E-state index in [0.29, 0.717) is 18.7 Å². The van der Waals surface area contributed by atoms with Gasteiger partial charge >= 0.3 is 0 Å². The zero-order valence-corrected chi connectivity index (χ0v) is 15.4. The summed E-state index contributed by atoms with van der Waals surface area (Å²) in [6.45, 7) is 0.919. The molecule has 0 amide bonds. The Balaban J connectivity index is 0.00000109. The minimum absolute atomic E-state index is 0.408. The molecule has 0 aliphatic carbocycles. The zero-order chi connectivity index (χ0) is 18.1. The van der Waals surface area contributed by atoms with E-state index in [2.05, 4.69) is 28.4 Å². The predicted molar refractivity (Wildman–Crippen MR) is 104 cm³/mol. The standard InChI is InChI=1S/C18H16ClN3S.CH3F/c19-17-4-2-1-3-14(17)9-15-11-21-12-18(15)23-22-16-7-5-13(10-20)6-8-16;1-2/h1-8,12,15,21-22H,9,11H2;1H3. The van der Waals surface area contributed by atoms with Gasteiger partial charge in [-0.15, -0.1) is 0 Å². The van der Waals surface area contributed by atoms with Crippen LogP contribution in [-0.4, -0.2) is 13.7 Å². The molecule has 25 heavy (non-hydrogen) atoms. The van der Waals surface area contributed by atoms with Gasteiger partial charge in [-0.1, -0.05) is 29.8 Å². The molecule has 2 aromatic rings. The van der Waals surface area contributed by atoms with Crippen LogP contribution >= 0.6 is 23.5 Å². The van der Waals surface area contributed by atoms with E-state index >= 15 is 0 Å². The molecule has 3 rings (SSSR count). The number of benzene rings is 2. The SMILES string of the molecule is CF.N#Cc1ccc(NSC2=CNCC2Cc2ccccc2Cl)cc1. The first-order chi connectivity index (χ1) is 12.3. The van der Waals surface area contributed by atoms with Gasteiger partial charge in [0.2, 0.25) is 0 Å². The van der Waals surface area contributed by atoms with Crippen LogP contribution in [0.25, 0.3) is 0 Å². The average Bonchev–Trinajstić information content (AvgIpc) is 3.11. The van der Waals surface area contributed by atoms with Crippen molar-refractivity contribution in [3.63, 3.8) is 0 Å². The van der Waals surface area contributed by atoms with Gasteiger partial charge < -0.3 is 10.0 Å². The number of hydrogen-bond acceptors (Lipinski definition) is 4. The Hall–Kier alpha value is -2.16. The van der Waals surface area contributed by atoms with Gasteiger partial charge in [0.1, 0.15) is 0 Å². The van der Waals surface area contributed by atoms with Gasteiger partial charge in [-0.25, -0.2) is 0 Å². The molecular formula is C19H19ClFN3S. The Morgan fingerprint density at radius 3 is 2.64 bits per heavy atom. The number of anilines is 1. The molecule has 0 fully saturated rings. The minimum atomic E-state index is 0.408. The summed E-state index contributed by atoms with van der Waals surface area (Å²) in [5, 5.41) is 13.0. The Bertz CT molecular complexity index is 756. The van der Waals surface area contributed by atoms with E-state index in [1.54, 1.807) is 11.9 Å². The Morgan fingerprint density at radius 2 is 1.96 bits per heavy atom. The molecule has 2 aromatic carbocycles. The first-order valence-electron chi connectivity index (χ1n) is 7.74. The monoisotopic (exact) mass is 375 g/mol. The van der Waals surface area contributed by atoms with Gasteiger partial charge in [0, 0.05) is 34.3 Å². The molecule has 0 spiro atoms. The summed E-state index contributed by atoms with van der Waals surface area (Å²) in [7, 11) is 0.500. The summed E-state index contributed by atoms with van der Waals surface area (Å²) in [5.74, 6) is 0.408. The number of nitriles is 1. The van der Waals surface area contributed by atoms with Crippen LogP contribution in [0, 0.1) is 17.2 Å². The van der Waals surface area contributed by atoms with Crippen LogP contribution < -0.4 is 10.0 Å². The summed E-state index contributed by atoms with van der Waals surface area (Å²) >= 11 is 7.87. The van der Waals surface area contributed by atoms with Crippen molar-refractivity contribution in [2.75, 3.05) is 18.4 Å². The van der Waals surface area contributed by atoms with Gasteiger partial charge in [0.05, 0.1) is 18.8 Å². The highest BCUT2D eigenvalue weighted by Gasteiger charge is 2.21. The molecule has 2 N–H and O–H groups in total. The maximum Gasteiger partial charge on any atom is 0.0991 e. The van der Waals surface area contributed by atoms with Crippen LogP contribution in [0.4, 0.5) is 10.1 Å². The summed E-state index contributed by atoms with van der Waals surface area (Å²) in [5.41, 5.74) is 2.82. The van der Waals surface area contributed by atoms with Gasteiger partial charge in [-0.3, -0.25) is 4.39 Å². The zero-order valence-electron chi connectivity index (χ0n) is 13.8. The molecule has 1 unspecified atom stereocenters. The molecule has 1 aliphatic heterocycles. The fourth-order valence-electron chi connectivity index (χ4n) is 2.47. The first-order valence-corrected chi connectivity index (χ1v) is 8.93. The smallest absolute Gasteiger partial charge is 0.0991 e. The number of nitrogens with one attached hydrogen (secondary N) is 2. The van der Waals surface area contributed by atoms with Gasteiger partial charge in [-0.2, -0.15) is 5.26 Å². The van der Waals surface area contributed by atoms with Crippen molar-refractivity contribution >= 4 is 29.2 Å². The van der Waals surface area contributed by atoms with Crippen LogP contribution in [0.1, 0.15) is 11.1 Å². The first kappa shape index (κ1) is 19.2. The van der Waals surface area contributed by atoms with E-state index in [1.165, 1.54) is 10.5 Å². The summed E-state index contributed by atoms with van der Waals surface area (Å²) in [6.07, 6.45) is 2.98. The van der Waals surface area contributed by atoms with Crippen molar-refractivity contribution < 1.29 is 4.39 Å². The molecule has 130 valence electrons. The van der Waals surface area contributed by atoms with Crippen LogP contribution in [0.5, 0.6) is 0 Å². The third kappa shape index (κ3) is 5.42. The summed E-state index contributed by atoms with van der Waals surface area (Å²) < 4.78 is 12.8. The molecular weight excluding hydrogens is 357 g/mol. The second kappa shape index (κ2) is 9.97. The highest BCUT2D eigenvalue weighted by molar-refractivity contribution is 8.04. The lowest BCUT2D eigenvalue weighted by Gasteiger charge is -2.15. The topological polar surface area (TPSA) is 47.9 Å². The van der Waals surface area contributed by atoms with Crippen LogP contribution in [0.3, 0.4) is 0 Å². The van der Waals surface area contributed by atoms with Gasteiger partial charge in [0.15, 0.2) is 0 Å². The number of halogens is 2. The van der Waals surface area contributed by atoms with Gasteiger partial charge in [0.25, 0.3) is 0 Å². The predicted octanol–water partition coefficient (Wildman–Crippen LogP) is 5.16. The Kier molecular flexibility index (Phi) is 7.65. The maximum absolute atomic E-state index is 9.50. The van der Waals surface area contributed by atoms with Crippen molar-refractivity contribution in [3.8, 4) is 6.07 Å². The van der Waals surface area contributed by atoms with E-state index in [4.69, 9.17) is 16.9 Å². The largest absolute Gasteiger partial charge is 0.390 e. The van der Waals surface area contributed by atoms with E-state index in [0.717, 1.165) is 23.7 Å². The van der Waals surface area contributed by atoms with E-state index < -0.39 is 0 Å². The summed E-state index contributed by atoms with van der Waals surface area (Å²) in [4.78, 5) is 1.26. The second-order valence-electron chi connectivity index (χ2n) is 5.34. The number of rotatable bonds is 5. The van der Waals surface area contributed by atoms with Crippen molar-refractivity contribution in [1.29, 1.82) is 5.26 Å². The lowest BCUT2D eigenvalue weighted by molar-refractivity contribution is 0.636. The lowest BCUT2D eigenvalue weighted by atomic mass is 10.0. The highest BCUT2D eigenvalue weighted by atomic mass is 35.5. The molecule has 0 saturated carbocycles. The van der Waals surface area contributed by atoms with Crippen molar-refractivity contribution in [1.82, 2.24) is 5.32 Å². The van der Waals surface area contributed by atoms with E-state index in [-0.39, 0.29) is 0 Å². The lowest BCUT2D eigenvalue weighted by Crippen LogP contribution is -2.13. The summed E-state index contributed by atoms with van der Waals surface area (Å²) in [6, 6.07) is 17.6. The van der Waals surface area contributed by atoms with Crippen LogP contribution in [0.2, 0.25) is 5.02 Å². The molecule has 0 aromatic heterocycles. The molecule has 1 atom stereocenters. The normalized spacial score (nSPS) is 15.3. The molecule has 1 aliphatic rings. The van der Waals surface area contributed by atoms with Crippen molar-refractivity contribution in [3.05, 3.63) is 75.8 Å². The van der Waals surface area contributed by atoms with Crippen LogP contribution in [-0.2, 0) is 6.42 Å². The third-order valence-corrected chi connectivity index (χ3v) is 5.13. The van der Waals surface area contributed by atoms with Crippen molar-refractivity contribution in [2.24, 2.45) is 5.92 Å². The molecule has 0 bridgehead atoms. The maximum atomic E-state index is 9.50. The fourth-order valence-corrected chi connectivity index (χ4v) is 3.53. The molecule has 1 heterocycles.